The lowest BCUT2D eigenvalue weighted by Crippen LogP contribution is -2.86. The fraction of sp³-hybridized carbons (Fsp3) is 0. The fourth-order valence-corrected chi connectivity index (χ4v) is 12.1. The van der Waals surface area contributed by atoms with Gasteiger partial charge in [0.1, 0.15) is 5.58 Å². The lowest BCUT2D eigenvalue weighted by molar-refractivity contribution is 0.653. The Morgan fingerprint density at radius 2 is 1.17 bits per heavy atom. The van der Waals surface area contributed by atoms with Crippen LogP contribution in [0.5, 0.6) is 0 Å². The first-order valence-electron chi connectivity index (χ1n) is 12.2. The van der Waals surface area contributed by atoms with Crippen LogP contribution in [0.2, 0.25) is 0 Å². The minimum Gasteiger partial charge on any atom is -0.470 e. The van der Waals surface area contributed by atoms with Crippen LogP contribution in [0, 0.1) is 0 Å². The van der Waals surface area contributed by atoms with Crippen LogP contribution < -0.4 is 37.3 Å². The summed E-state index contributed by atoms with van der Waals surface area (Å²) in [7, 11) is -2.53. The third-order valence-corrected chi connectivity index (χ3v) is 12.9. The van der Waals surface area contributed by atoms with E-state index in [1.54, 1.807) is 0 Å². The Bertz CT molecular complexity index is 1710. The minimum atomic E-state index is -2.53. The molecule has 2 aliphatic rings. The Balaban J connectivity index is 1.58. The molecule has 2 aliphatic heterocycles. The molecular formula is C32H21BOSi. The fourth-order valence-electron chi connectivity index (χ4n) is 6.79. The second-order valence-corrected chi connectivity index (χ2v) is 13.3. The number of hydrogen-bond acceptors (Lipinski definition) is 1. The van der Waals surface area contributed by atoms with Crippen LogP contribution in [-0.2, 0) is 0 Å². The second kappa shape index (κ2) is 6.97. The lowest BCUT2D eigenvalue weighted by atomic mass is 9.40. The molecule has 0 fully saturated rings. The first-order chi connectivity index (χ1) is 17.4. The Morgan fingerprint density at radius 3 is 1.94 bits per heavy atom. The van der Waals surface area contributed by atoms with Gasteiger partial charge in [0.25, 0.3) is 6.71 Å². The van der Waals surface area contributed by atoms with Crippen LogP contribution in [0.15, 0.2) is 132 Å². The van der Waals surface area contributed by atoms with Crippen LogP contribution in [0.4, 0.5) is 0 Å². The molecule has 0 saturated heterocycles. The summed E-state index contributed by atoms with van der Waals surface area (Å²) >= 11 is 0. The highest BCUT2D eigenvalue weighted by Crippen LogP contribution is 2.33. The zero-order valence-electron chi connectivity index (χ0n) is 19.1. The Morgan fingerprint density at radius 1 is 0.543 bits per heavy atom. The summed E-state index contributed by atoms with van der Waals surface area (Å²) < 4.78 is 6.64. The number of furan rings is 1. The highest BCUT2D eigenvalue weighted by Gasteiger charge is 2.54. The van der Waals surface area contributed by atoms with E-state index in [1.807, 2.05) is 0 Å². The molecule has 1 nitrogen and oxygen atoms in total. The van der Waals surface area contributed by atoms with Gasteiger partial charge in [-0.05, 0) is 32.4 Å². The van der Waals surface area contributed by atoms with E-state index in [0.29, 0.717) is 0 Å². The van der Waals surface area contributed by atoms with Gasteiger partial charge in [-0.15, -0.1) is 0 Å². The molecular weight excluding hydrogens is 439 g/mol. The summed E-state index contributed by atoms with van der Waals surface area (Å²) in [6.45, 7) is 0.132. The predicted molar refractivity (Wildman–Crippen MR) is 150 cm³/mol. The van der Waals surface area contributed by atoms with Crippen molar-refractivity contribution in [2.24, 2.45) is 0 Å². The van der Waals surface area contributed by atoms with E-state index in [1.165, 1.54) is 48.2 Å². The van der Waals surface area contributed by atoms with Gasteiger partial charge < -0.3 is 4.42 Å². The first kappa shape index (κ1) is 19.3. The Kier molecular flexibility index (Phi) is 3.83. The van der Waals surface area contributed by atoms with Crippen LogP contribution in [0.25, 0.3) is 22.1 Å². The van der Waals surface area contributed by atoms with Crippen LogP contribution >= 0.6 is 0 Å². The molecule has 1 aromatic heterocycles. The molecule has 0 aliphatic carbocycles. The van der Waals surface area contributed by atoms with Crippen molar-refractivity contribution in [3.05, 3.63) is 127 Å². The molecule has 3 heterocycles. The maximum absolute atomic E-state index is 6.64. The molecule has 0 amide bonds. The van der Waals surface area contributed by atoms with Gasteiger partial charge in [-0.25, -0.2) is 0 Å². The van der Waals surface area contributed by atoms with Crippen molar-refractivity contribution in [3.8, 4) is 11.1 Å². The summed E-state index contributed by atoms with van der Waals surface area (Å²) in [6, 6.07) is 47.0. The second-order valence-electron chi connectivity index (χ2n) is 9.61. The van der Waals surface area contributed by atoms with E-state index in [2.05, 4.69) is 127 Å². The standard InChI is InChI=1S/C32H21BOSi/c1-3-12-22(13-4-1)35(23-14-5-2-6-15-23)28-20-10-8-18-26(28)33-31-25(17-11-21-29(31)35)30-24-16-7-9-19-27(24)34-32(30)33/h1-21H. The maximum atomic E-state index is 6.64. The molecule has 0 saturated carbocycles. The predicted octanol–water partition coefficient (Wildman–Crippen LogP) is 2.62. The van der Waals surface area contributed by atoms with E-state index in [-0.39, 0.29) is 6.71 Å². The summed E-state index contributed by atoms with van der Waals surface area (Å²) in [4.78, 5) is 0. The molecule has 0 atom stereocenters. The van der Waals surface area contributed by atoms with E-state index in [9.17, 15) is 0 Å². The van der Waals surface area contributed by atoms with Crippen molar-refractivity contribution >= 4 is 63.1 Å². The van der Waals surface area contributed by atoms with Crippen LogP contribution in [0.3, 0.4) is 0 Å². The summed E-state index contributed by atoms with van der Waals surface area (Å²) in [5, 5.41) is 7.04. The van der Waals surface area contributed by atoms with E-state index in [0.717, 1.165) is 11.2 Å². The zero-order valence-corrected chi connectivity index (χ0v) is 20.1. The van der Waals surface area contributed by atoms with Crippen molar-refractivity contribution in [2.75, 3.05) is 0 Å². The molecule has 3 heteroatoms. The van der Waals surface area contributed by atoms with Crippen LogP contribution in [-0.4, -0.2) is 14.8 Å². The zero-order chi connectivity index (χ0) is 23.0. The molecule has 0 radical (unpaired) electrons. The number of hydrogen-bond donors (Lipinski definition) is 0. The number of rotatable bonds is 2. The van der Waals surface area contributed by atoms with E-state index >= 15 is 0 Å². The molecule has 0 N–H and O–H groups in total. The van der Waals surface area contributed by atoms with Crippen molar-refractivity contribution in [1.82, 2.24) is 0 Å². The molecule has 0 bridgehead atoms. The highest BCUT2D eigenvalue weighted by atomic mass is 28.3. The number of benzene rings is 5. The van der Waals surface area contributed by atoms with Crippen molar-refractivity contribution in [2.45, 2.75) is 0 Å². The van der Waals surface area contributed by atoms with E-state index in [4.69, 9.17) is 4.42 Å². The third-order valence-electron chi connectivity index (χ3n) is 8.04. The first-order valence-corrected chi connectivity index (χ1v) is 14.2. The minimum absolute atomic E-state index is 0.132. The third kappa shape index (κ3) is 2.34. The Labute approximate surface area is 205 Å². The van der Waals surface area contributed by atoms with Gasteiger partial charge in [0.05, 0.1) is 5.66 Å². The van der Waals surface area contributed by atoms with Crippen LogP contribution in [0.1, 0.15) is 0 Å². The lowest BCUT2D eigenvalue weighted by Gasteiger charge is -2.41. The molecule has 35 heavy (non-hydrogen) atoms. The van der Waals surface area contributed by atoms with Gasteiger partial charge in [-0.3, -0.25) is 0 Å². The van der Waals surface area contributed by atoms with Gasteiger partial charge in [0.15, 0.2) is 8.07 Å². The van der Waals surface area contributed by atoms with Crippen molar-refractivity contribution in [1.29, 1.82) is 0 Å². The van der Waals surface area contributed by atoms with Gasteiger partial charge in [-0.2, -0.15) is 0 Å². The SMILES string of the molecule is c1ccc([Si]2(c3ccccc3)c3ccccc3B3c4oc5ccccc5c4-c4cccc2c43)cc1. The van der Waals surface area contributed by atoms with Crippen molar-refractivity contribution < 1.29 is 4.42 Å². The normalized spacial score (nSPS) is 14.5. The molecule has 8 rings (SSSR count). The number of fused-ring (bicyclic) bond motifs is 7. The van der Waals surface area contributed by atoms with Gasteiger partial charge in [0, 0.05) is 10.9 Å². The van der Waals surface area contributed by atoms with Gasteiger partial charge >= 0.3 is 0 Å². The molecule has 0 spiro atoms. The smallest absolute Gasteiger partial charge is 0.289 e. The van der Waals surface area contributed by atoms with Crippen molar-refractivity contribution in [3.63, 3.8) is 0 Å². The molecule has 6 aromatic rings. The maximum Gasteiger partial charge on any atom is 0.289 e. The molecule has 5 aromatic carbocycles. The monoisotopic (exact) mass is 460 g/mol. The van der Waals surface area contributed by atoms with E-state index < -0.39 is 8.07 Å². The quantitative estimate of drug-likeness (QED) is 0.362. The summed E-state index contributed by atoms with van der Waals surface area (Å²) in [6.07, 6.45) is 0. The highest BCUT2D eigenvalue weighted by molar-refractivity contribution is 7.26. The molecule has 162 valence electrons. The average Bonchev–Trinajstić information content (AvgIpc) is 3.46. The average molecular weight is 460 g/mol. The summed E-state index contributed by atoms with van der Waals surface area (Å²) in [5.41, 5.74) is 7.54. The van der Waals surface area contributed by atoms with Gasteiger partial charge in [0.2, 0.25) is 0 Å². The van der Waals surface area contributed by atoms with Gasteiger partial charge in [-0.1, -0.05) is 132 Å². The number of para-hydroxylation sites is 1. The Hall–Kier alpha value is -4.08. The largest absolute Gasteiger partial charge is 0.470 e. The molecule has 0 unspecified atom stereocenters. The summed E-state index contributed by atoms with van der Waals surface area (Å²) in [5.74, 6) is 0. The topological polar surface area (TPSA) is 13.1 Å².